The average Bonchev–Trinajstić information content (AvgIpc) is 2.92. The molecule has 1 aromatic heterocycles. The van der Waals surface area contributed by atoms with Crippen LogP contribution in [0, 0.1) is 13.8 Å². The quantitative estimate of drug-likeness (QED) is 0.853. The maximum Gasteiger partial charge on any atom is 0.251 e. The number of aryl methyl sites for hydroxylation is 2. The van der Waals surface area contributed by atoms with E-state index in [1.807, 2.05) is 13.0 Å². The van der Waals surface area contributed by atoms with E-state index in [-0.39, 0.29) is 22.4 Å². The molecule has 1 aromatic carbocycles. The number of primary sulfonamides is 1. The summed E-state index contributed by atoms with van der Waals surface area (Å²) in [5.41, 5.74) is 2.39. The van der Waals surface area contributed by atoms with Crippen LogP contribution in [-0.4, -0.2) is 24.1 Å². The molecule has 0 fully saturated rings. The van der Waals surface area contributed by atoms with E-state index in [2.05, 4.69) is 10.4 Å². The molecule has 0 unspecified atom stereocenters. The third-order valence-electron chi connectivity index (χ3n) is 4.12. The normalized spacial score (nSPS) is 12.9. The van der Waals surface area contributed by atoms with Crippen LogP contribution in [0.5, 0.6) is 0 Å². The lowest BCUT2D eigenvalue weighted by atomic mass is 10.0. The molecule has 1 amide bonds. The van der Waals surface area contributed by atoms with Gasteiger partial charge in [-0.1, -0.05) is 6.92 Å². The van der Waals surface area contributed by atoms with Gasteiger partial charge in [0.1, 0.15) is 0 Å². The number of nitrogens with one attached hydrogen (secondary N) is 1. The lowest BCUT2D eigenvalue weighted by Crippen LogP contribution is -2.30. The zero-order chi connectivity index (χ0) is 18.1. The number of hydrogen-bond acceptors (Lipinski definition) is 4. The molecular weight excluding hydrogens is 328 g/mol. The van der Waals surface area contributed by atoms with Crippen molar-refractivity contribution >= 4 is 15.9 Å². The fourth-order valence-corrected chi connectivity index (χ4v) is 3.49. The summed E-state index contributed by atoms with van der Waals surface area (Å²) in [5, 5.41) is 12.3. The Morgan fingerprint density at radius 2 is 2.04 bits per heavy atom. The Kier molecular flexibility index (Phi) is 5.10. The minimum atomic E-state index is -3.89. The Morgan fingerprint density at radius 3 is 2.54 bits per heavy atom. The molecule has 7 nitrogen and oxygen atoms in total. The van der Waals surface area contributed by atoms with Gasteiger partial charge in [0.25, 0.3) is 5.91 Å². The highest BCUT2D eigenvalue weighted by atomic mass is 32.2. The number of benzene rings is 1. The Labute approximate surface area is 141 Å². The van der Waals surface area contributed by atoms with Crippen molar-refractivity contribution in [1.29, 1.82) is 0 Å². The number of sulfonamides is 1. The number of nitrogens with two attached hydrogens (primary N) is 1. The number of rotatable bonds is 5. The summed E-state index contributed by atoms with van der Waals surface area (Å²) < 4.78 is 25.1. The number of carbonyl (C=O) groups excluding carboxylic acids is 1. The monoisotopic (exact) mass is 350 g/mol. The van der Waals surface area contributed by atoms with Crippen LogP contribution in [0.25, 0.3) is 0 Å². The predicted molar refractivity (Wildman–Crippen MR) is 91.0 cm³/mol. The van der Waals surface area contributed by atoms with Gasteiger partial charge in [-0.25, -0.2) is 13.6 Å². The molecule has 0 aliphatic rings. The minimum absolute atomic E-state index is 0.0266. The molecule has 0 aliphatic heterocycles. The van der Waals surface area contributed by atoms with Crippen molar-refractivity contribution < 1.29 is 13.2 Å². The van der Waals surface area contributed by atoms with E-state index in [4.69, 9.17) is 5.14 Å². The molecule has 2 aromatic rings. The SMILES string of the molecule is CC[C@@H](NC(=O)c1cc(C)c(C)c(S(N)(=O)=O)c1)c1ccnn1C. The van der Waals surface area contributed by atoms with Gasteiger partial charge in [0, 0.05) is 18.8 Å². The van der Waals surface area contributed by atoms with Crippen LogP contribution in [0.4, 0.5) is 0 Å². The van der Waals surface area contributed by atoms with Gasteiger partial charge in [-0.2, -0.15) is 5.10 Å². The fraction of sp³-hybridized carbons (Fsp3) is 0.375. The van der Waals surface area contributed by atoms with Crippen molar-refractivity contribution in [2.45, 2.75) is 38.1 Å². The molecule has 130 valence electrons. The summed E-state index contributed by atoms with van der Waals surface area (Å²) in [7, 11) is -2.09. The first-order chi connectivity index (χ1) is 11.1. The summed E-state index contributed by atoms with van der Waals surface area (Å²) in [5.74, 6) is -0.351. The lowest BCUT2D eigenvalue weighted by molar-refractivity contribution is 0.0933. The van der Waals surface area contributed by atoms with E-state index in [0.717, 1.165) is 5.69 Å². The molecular formula is C16H22N4O3S. The number of amides is 1. The average molecular weight is 350 g/mol. The summed E-state index contributed by atoms with van der Waals surface area (Å²) >= 11 is 0. The Hall–Kier alpha value is -2.19. The van der Waals surface area contributed by atoms with Gasteiger partial charge in [-0.3, -0.25) is 9.48 Å². The molecule has 24 heavy (non-hydrogen) atoms. The van der Waals surface area contributed by atoms with Crippen LogP contribution < -0.4 is 10.5 Å². The molecule has 1 atom stereocenters. The first kappa shape index (κ1) is 18.2. The fourth-order valence-electron chi connectivity index (χ4n) is 2.61. The largest absolute Gasteiger partial charge is 0.344 e. The third-order valence-corrected chi connectivity index (χ3v) is 5.15. The van der Waals surface area contributed by atoms with Gasteiger partial charge in [-0.15, -0.1) is 0 Å². The maximum absolute atomic E-state index is 12.6. The van der Waals surface area contributed by atoms with Crippen LogP contribution in [0.1, 0.15) is 46.6 Å². The van der Waals surface area contributed by atoms with Crippen LogP contribution in [-0.2, 0) is 17.1 Å². The second-order valence-corrected chi connectivity index (χ2v) is 7.31. The highest BCUT2D eigenvalue weighted by Crippen LogP contribution is 2.21. The predicted octanol–water partition coefficient (Wildman–Crippen LogP) is 1.57. The van der Waals surface area contributed by atoms with Crippen LogP contribution >= 0.6 is 0 Å². The number of hydrogen-bond donors (Lipinski definition) is 2. The van der Waals surface area contributed by atoms with Gasteiger partial charge in [0.15, 0.2) is 0 Å². The summed E-state index contributed by atoms with van der Waals surface area (Å²) in [6.07, 6.45) is 2.34. The second-order valence-electron chi connectivity index (χ2n) is 5.78. The summed E-state index contributed by atoms with van der Waals surface area (Å²) in [4.78, 5) is 12.6. The van der Waals surface area contributed by atoms with E-state index in [0.29, 0.717) is 17.5 Å². The molecule has 0 aliphatic carbocycles. The standard InChI is InChI=1S/C16H22N4O3S/c1-5-13(14-6-7-18-20(14)4)19-16(21)12-8-10(2)11(3)15(9-12)24(17,22)23/h6-9,13H,5H2,1-4H3,(H,19,21)(H2,17,22,23)/t13-/m1/s1. The second kappa shape index (κ2) is 6.74. The molecule has 1 heterocycles. The van der Waals surface area contributed by atoms with Gasteiger partial charge >= 0.3 is 0 Å². The molecule has 0 saturated carbocycles. The first-order valence-electron chi connectivity index (χ1n) is 7.58. The van der Waals surface area contributed by atoms with Crippen molar-refractivity contribution in [3.8, 4) is 0 Å². The molecule has 0 radical (unpaired) electrons. The van der Waals surface area contributed by atoms with Crippen molar-refractivity contribution in [3.05, 3.63) is 46.8 Å². The van der Waals surface area contributed by atoms with E-state index >= 15 is 0 Å². The number of aromatic nitrogens is 2. The summed E-state index contributed by atoms with van der Waals surface area (Å²) in [6.45, 7) is 5.37. The van der Waals surface area contributed by atoms with Gasteiger partial charge < -0.3 is 5.32 Å². The summed E-state index contributed by atoms with van der Waals surface area (Å²) in [6, 6.07) is 4.60. The topological polar surface area (TPSA) is 107 Å². The number of carbonyl (C=O) groups is 1. The van der Waals surface area contributed by atoms with Crippen LogP contribution in [0.3, 0.4) is 0 Å². The van der Waals surface area contributed by atoms with Gasteiger partial charge in [0.05, 0.1) is 16.6 Å². The molecule has 0 bridgehead atoms. The van der Waals surface area contributed by atoms with Crippen molar-refractivity contribution in [3.63, 3.8) is 0 Å². The van der Waals surface area contributed by atoms with Crippen molar-refractivity contribution in [1.82, 2.24) is 15.1 Å². The third kappa shape index (κ3) is 3.65. The van der Waals surface area contributed by atoms with Crippen LogP contribution in [0.15, 0.2) is 29.3 Å². The highest BCUT2D eigenvalue weighted by Gasteiger charge is 2.20. The maximum atomic E-state index is 12.6. The molecule has 0 saturated heterocycles. The van der Waals surface area contributed by atoms with Crippen molar-refractivity contribution in [2.24, 2.45) is 12.2 Å². The van der Waals surface area contributed by atoms with E-state index < -0.39 is 10.0 Å². The molecule has 2 rings (SSSR count). The van der Waals surface area contributed by atoms with Crippen molar-refractivity contribution in [2.75, 3.05) is 0 Å². The zero-order valence-corrected chi connectivity index (χ0v) is 15.0. The van der Waals surface area contributed by atoms with Gasteiger partial charge in [0.2, 0.25) is 10.0 Å². The Bertz CT molecular complexity index is 871. The zero-order valence-electron chi connectivity index (χ0n) is 14.2. The molecule has 3 N–H and O–H groups in total. The number of nitrogens with zero attached hydrogens (tertiary/aromatic N) is 2. The highest BCUT2D eigenvalue weighted by molar-refractivity contribution is 7.89. The smallest absolute Gasteiger partial charge is 0.251 e. The van der Waals surface area contributed by atoms with E-state index in [9.17, 15) is 13.2 Å². The lowest BCUT2D eigenvalue weighted by Gasteiger charge is -2.18. The van der Waals surface area contributed by atoms with Gasteiger partial charge in [-0.05, 0) is 49.6 Å². The van der Waals surface area contributed by atoms with Crippen LogP contribution in [0.2, 0.25) is 0 Å². The molecule has 8 heteroatoms. The van der Waals surface area contributed by atoms with E-state index in [1.54, 1.807) is 37.8 Å². The minimum Gasteiger partial charge on any atom is -0.344 e. The Morgan fingerprint density at radius 1 is 1.38 bits per heavy atom. The van der Waals surface area contributed by atoms with E-state index in [1.165, 1.54) is 6.07 Å². The molecule has 0 spiro atoms. The Balaban J connectivity index is 2.36. The first-order valence-corrected chi connectivity index (χ1v) is 9.12.